The van der Waals surface area contributed by atoms with Crippen molar-refractivity contribution in [1.29, 1.82) is 0 Å². The minimum absolute atomic E-state index is 0.108. The third-order valence-corrected chi connectivity index (χ3v) is 6.11. The average molecular weight is 403 g/mol. The predicted octanol–water partition coefficient (Wildman–Crippen LogP) is 3.27. The van der Waals surface area contributed by atoms with E-state index in [9.17, 15) is 9.18 Å². The first-order valence-electron chi connectivity index (χ1n) is 10.1. The van der Waals surface area contributed by atoms with Gasteiger partial charge in [0.2, 0.25) is 0 Å². The fraction of sp³-hybridized carbons (Fsp3) is 0.304. The lowest BCUT2D eigenvalue weighted by Crippen LogP contribution is -2.36. The van der Waals surface area contributed by atoms with E-state index < -0.39 is 0 Å². The number of likely N-dealkylation sites (tertiary alicyclic amines) is 1. The van der Waals surface area contributed by atoms with Crippen molar-refractivity contribution < 1.29 is 9.18 Å². The Bertz CT molecular complexity index is 1080. The number of hydrogen-bond acceptors (Lipinski definition) is 5. The number of halogens is 1. The number of carbonyl (C=O) groups excluding carboxylic acids is 1. The Hall–Kier alpha value is -3.35. The summed E-state index contributed by atoms with van der Waals surface area (Å²) in [5.74, 6) is 0.972. The van der Waals surface area contributed by atoms with E-state index in [0.717, 1.165) is 30.2 Å². The van der Waals surface area contributed by atoms with E-state index >= 15 is 0 Å². The molecule has 2 aliphatic heterocycles. The molecule has 0 spiro atoms. The summed E-state index contributed by atoms with van der Waals surface area (Å²) in [4.78, 5) is 30.3. The minimum Gasteiger partial charge on any atom is -0.356 e. The molecule has 152 valence electrons. The van der Waals surface area contributed by atoms with Crippen LogP contribution in [0.15, 0.2) is 61.1 Å². The van der Waals surface area contributed by atoms with Gasteiger partial charge in [0, 0.05) is 49.4 Å². The van der Waals surface area contributed by atoms with Gasteiger partial charge in [0.05, 0.1) is 6.04 Å². The van der Waals surface area contributed by atoms with Crippen molar-refractivity contribution in [3.63, 3.8) is 0 Å². The van der Waals surface area contributed by atoms with Crippen LogP contribution in [0.3, 0.4) is 0 Å². The summed E-state index contributed by atoms with van der Waals surface area (Å²) in [6.07, 6.45) is 3.21. The maximum Gasteiger partial charge on any atom is 0.272 e. The van der Waals surface area contributed by atoms with Gasteiger partial charge in [-0.3, -0.25) is 9.78 Å². The third kappa shape index (κ3) is 3.30. The van der Waals surface area contributed by atoms with Gasteiger partial charge in [-0.05, 0) is 36.8 Å². The van der Waals surface area contributed by atoms with Crippen LogP contribution in [-0.2, 0) is 0 Å². The zero-order valence-corrected chi connectivity index (χ0v) is 16.6. The molecule has 0 saturated carbocycles. The second-order valence-corrected chi connectivity index (χ2v) is 8.02. The molecule has 2 aromatic heterocycles. The lowest BCUT2D eigenvalue weighted by molar-refractivity contribution is 0.0709. The Morgan fingerprint density at radius 2 is 1.93 bits per heavy atom. The molecule has 0 N–H and O–H groups in total. The van der Waals surface area contributed by atoms with Crippen molar-refractivity contribution in [3.05, 3.63) is 83.8 Å². The van der Waals surface area contributed by atoms with E-state index in [4.69, 9.17) is 0 Å². The van der Waals surface area contributed by atoms with Crippen molar-refractivity contribution >= 4 is 11.7 Å². The molecule has 2 saturated heterocycles. The number of hydrogen-bond donors (Lipinski definition) is 0. The maximum absolute atomic E-state index is 14.1. The molecular weight excluding hydrogens is 381 g/mol. The van der Waals surface area contributed by atoms with Gasteiger partial charge in [-0.15, -0.1) is 0 Å². The largest absolute Gasteiger partial charge is 0.356 e. The quantitative estimate of drug-likeness (QED) is 0.672. The van der Waals surface area contributed by atoms with Crippen LogP contribution in [0.2, 0.25) is 0 Å². The molecule has 0 aliphatic carbocycles. The van der Waals surface area contributed by atoms with E-state index in [1.807, 2.05) is 30.0 Å². The number of anilines is 1. The predicted molar refractivity (Wildman–Crippen MR) is 110 cm³/mol. The SMILES string of the molecule is Cc1cc(N2C[C@H]3CN(C(=O)c4ccccn4)[C@H](c4cccc(F)c4)[C@H]3C2)ncn1. The molecule has 6 nitrogen and oxygen atoms in total. The molecule has 1 aromatic carbocycles. The van der Waals surface area contributed by atoms with Crippen molar-refractivity contribution in [2.75, 3.05) is 24.5 Å². The highest BCUT2D eigenvalue weighted by atomic mass is 19.1. The number of rotatable bonds is 3. The molecule has 4 heterocycles. The van der Waals surface area contributed by atoms with E-state index in [-0.39, 0.29) is 29.6 Å². The van der Waals surface area contributed by atoms with Gasteiger partial charge in [0.1, 0.15) is 23.7 Å². The Balaban J connectivity index is 1.48. The molecule has 3 atom stereocenters. The van der Waals surface area contributed by atoms with Crippen LogP contribution in [0.25, 0.3) is 0 Å². The topological polar surface area (TPSA) is 62.2 Å². The van der Waals surface area contributed by atoms with E-state index in [0.29, 0.717) is 12.2 Å². The van der Waals surface area contributed by atoms with Gasteiger partial charge in [-0.2, -0.15) is 0 Å². The van der Waals surface area contributed by atoms with Gasteiger partial charge in [-0.1, -0.05) is 18.2 Å². The molecule has 2 fully saturated rings. The van der Waals surface area contributed by atoms with Crippen molar-refractivity contribution in [1.82, 2.24) is 19.9 Å². The van der Waals surface area contributed by atoms with E-state index in [1.54, 1.807) is 36.8 Å². The van der Waals surface area contributed by atoms with E-state index in [1.165, 1.54) is 6.07 Å². The number of fused-ring (bicyclic) bond motifs is 1. The van der Waals surface area contributed by atoms with Crippen LogP contribution >= 0.6 is 0 Å². The zero-order chi connectivity index (χ0) is 20.7. The third-order valence-electron chi connectivity index (χ3n) is 6.11. The normalized spacial score (nSPS) is 22.9. The Labute approximate surface area is 174 Å². The van der Waals surface area contributed by atoms with Gasteiger partial charge in [-0.25, -0.2) is 14.4 Å². The first-order chi connectivity index (χ1) is 14.6. The summed E-state index contributed by atoms with van der Waals surface area (Å²) in [6.45, 7) is 4.12. The highest BCUT2D eigenvalue weighted by Gasteiger charge is 2.49. The second kappa shape index (κ2) is 7.48. The summed E-state index contributed by atoms with van der Waals surface area (Å²) in [5, 5.41) is 0. The lowest BCUT2D eigenvalue weighted by atomic mass is 9.89. The zero-order valence-electron chi connectivity index (χ0n) is 16.6. The highest BCUT2D eigenvalue weighted by Crippen LogP contribution is 2.46. The summed E-state index contributed by atoms with van der Waals surface area (Å²) in [5.41, 5.74) is 2.17. The molecule has 7 heteroatoms. The minimum atomic E-state index is -0.289. The number of amides is 1. The molecular formula is C23H22FN5O. The van der Waals surface area contributed by atoms with Crippen LogP contribution in [-0.4, -0.2) is 45.4 Å². The Kier molecular flexibility index (Phi) is 4.65. The standard InChI is InChI=1S/C23H22FN5O/c1-15-9-21(27-14-26-15)28-11-17-12-29(23(30)20-7-2-3-8-25-20)22(19(17)13-28)16-5-4-6-18(24)10-16/h2-10,14,17,19,22H,11-13H2,1H3/t17-,19-,22+/m0/s1. The van der Waals surface area contributed by atoms with Crippen molar-refractivity contribution in [3.8, 4) is 0 Å². The Morgan fingerprint density at radius 3 is 2.70 bits per heavy atom. The van der Waals surface area contributed by atoms with Crippen molar-refractivity contribution in [2.24, 2.45) is 11.8 Å². The van der Waals surface area contributed by atoms with Gasteiger partial charge in [0.25, 0.3) is 5.91 Å². The van der Waals surface area contributed by atoms with Crippen molar-refractivity contribution in [2.45, 2.75) is 13.0 Å². The summed E-state index contributed by atoms with van der Waals surface area (Å²) in [6, 6.07) is 13.7. The number of nitrogens with zero attached hydrogens (tertiary/aromatic N) is 5. The first-order valence-corrected chi connectivity index (χ1v) is 10.1. The fourth-order valence-corrected chi connectivity index (χ4v) is 4.81. The molecule has 0 radical (unpaired) electrons. The highest BCUT2D eigenvalue weighted by molar-refractivity contribution is 5.92. The summed E-state index contributed by atoms with van der Waals surface area (Å²) >= 11 is 0. The molecule has 1 amide bonds. The fourth-order valence-electron chi connectivity index (χ4n) is 4.81. The maximum atomic E-state index is 14.1. The van der Waals surface area contributed by atoms with Crippen LogP contribution in [0.5, 0.6) is 0 Å². The molecule has 0 unspecified atom stereocenters. The number of aryl methyl sites for hydroxylation is 1. The summed E-state index contributed by atoms with van der Waals surface area (Å²) in [7, 11) is 0. The van der Waals surface area contributed by atoms with Gasteiger partial charge >= 0.3 is 0 Å². The average Bonchev–Trinajstić information content (AvgIpc) is 3.32. The number of benzene rings is 1. The van der Waals surface area contributed by atoms with Crippen LogP contribution in [0.1, 0.15) is 27.8 Å². The van der Waals surface area contributed by atoms with Gasteiger partial charge in [0.15, 0.2) is 0 Å². The Morgan fingerprint density at radius 1 is 1.03 bits per heavy atom. The van der Waals surface area contributed by atoms with Gasteiger partial charge < -0.3 is 9.80 Å². The molecule has 3 aromatic rings. The number of aromatic nitrogens is 3. The number of carbonyl (C=O) groups is 1. The lowest BCUT2D eigenvalue weighted by Gasteiger charge is -2.30. The van der Waals surface area contributed by atoms with Crippen LogP contribution in [0, 0.1) is 24.6 Å². The monoisotopic (exact) mass is 403 g/mol. The molecule has 5 rings (SSSR count). The second-order valence-electron chi connectivity index (χ2n) is 8.02. The molecule has 0 bridgehead atoms. The smallest absolute Gasteiger partial charge is 0.272 e. The number of pyridine rings is 1. The molecule has 2 aliphatic rings. The van der Waals surface area contributed by atoms with Crippen LogP contribution in [0.4, 0.5) is 10.2 Å². The molecule has 30 heavy (non-hydrogen) atoms. The first kappa shape index (κ1) is 18.7. The van der Waals surface area contributed by atoms with E-state index in [2.05, 4.69) is 19.9 Å². The summed E-state index contributed by atoms with van der Waals surface area (Å²) < 4.78 is 14.1. The van der Waals surface area contributed by atoms with Crippen LogP contribution < -0.4 is 4.90 Å².